The minimum absolute atomic E-state index is 0.0753. The topological polar surface area (TPSA) is 45.4 Å². The van der Waals surface area contributed by atoms with Crippen molar-refractivity contribution in [3.8, 4) is 11.5 Å². The van der Waals surface area contributed by atoms with Gasteiger partial charge < -0.3 is 14.8 Å². The zero-order valence-electron chi connectivity index (χ0n) is 6.65. The molecule has 0 radical (unpaired) electrons. The number of nitrogens with zero attached hydrogens (tertiary/aromatic N) is 1. The van der Waals surface area contributed by atoms with Gasteiger partial charge >= 0.3 is 0 Å². The largest absolute Gasteiger partial charge is 0.504 e. The van der Waals surface area contributed by atoms with Gasteiger partial charge in [0.05, 0.1) is 5.52 Å². The first-order valence-corrected chi connectivity index (χ1v) is 3.65. The molecule has 0 saturated heterocycles. The summed E-state index contributed by atoms with van der Waals surface area (Å²) in [5, 5.41) is 19.3. The Bertz CT molecular complexity index is 431. The van der Waals surface area contributed by atoms with Crippen molar-refractivity contribution in [2.45, 2.75) is 0 Å². The van der Waals surface area contributed by atoms with Crippen LogP contribution in [0.3, 0.4) is 0 Å². The fraction of sp³-hybridized carbons (Fsp3) is 0.111. The maximum absolute atomic E-state index is 9.20. The van der Waals surface area contributed by atoms with E-state index < -0.39 is 0 Å². The van der Waals surface area contributed by atoms with E-state index in [9.17, 15) is 5.11 Å². The molecule has 3 heteroatoms. The first-order valence-electron chi connectivity index (χ1n) is 3.65. The maximum Gasteiger partial charge on any atom is 0.159 e. The van der Waals surface area contributed by atoms with Crippen LogP contribution in [-0.2, 0) is 7.05 Å². The quantitative estimate of drug-likeness (QED) is 0.579. The Labute approximate surface area is 69.5 Å². The van der Waals surface area contributed by atoms with Crippen LogP contribution in [0.15, 0.2) is 24.4 Å². The molecule has 1 aromatic carbocycles. The Morgan fingerprint density at radius 3 is 2.58 bits per heavy atom. The lowest BCUT2D eigenvalue weighted by Gasteiger charge is -1.99. The van der Waals surface area contributed by atoms with Crippen LogP contribution in [0.5, 0.6) is 11.5 Å². The van der Waals surface area contributed by atoms with E-state index in [4.69, 9.17) is 5.11 Å². The van der Waals surface area contributed by atoms with E-state index in [1.165, 1.54) is 0 Å². The van der Waals surface area contributed by atoms with Crippen LogP contribution < -0.4 is 0 Å². The number of aryl methyl sites for hydroxylation is 1. The molecule has 2 N–H and O–H groups in total. The third kappa shape index (κ3) is 0.830. The van der Waals surface area contributed by atoms with Crippen LogP contribution in [0, 0.1) is 0 Å². The molecule has 2 aromatic rings. The van der Waals surface area contributed by atoms with Crippen molar-refractivity contribution < 1.29 is 10.2 Å². The van der Waals surface area contributed by atoms with Gasteiger partial charge in [0.25, 0.3) is 0 Å². The second-order valence-corrected chi connectivity index (χ2v) is 2.83. The monoisotopic (exact) mass is 163 g/mol. The van der Waals surface area contributed by atoms with E-state index >= 15 is 0 Å². The number of aromatic nitrogens is 1. The maximum atomic E-state index is 9.20. The number of hydrogen-bond acceptors (Lipinski definition) is 2. The molecule has 0 aliphatic rings. The predicted octanol–water partition coefficient (Wildman–Crippen LogP) is 1.59. The van der Waals surface area contributed by atoms with Gasteiger partial charge in [0, 0.05) is 24.7 Å². The molecule has 1 heterocycles. The zero-order chi connectivity index (χ0) is 8.72. The molecule has 0 spiro atoms. The molecule has 0 fully saturated rings. The second-order valence-electron chi connectivity index (χ2n) is 2.83. The molecule has 62 valence electrons. The number of benzene rings is 1. The van der Waals surface area contributed by atoms with Crippen LogP contribution in [0.25, 0.3) is 10.9 Å². The fourth-order valence-electron chi connectivity index (χ4n) is 1.29. The third-order valence-electron chi connectivity index (χ3n) is 1.98. The summed E-state index contributed by atoms with van der Waals surface area (Å²) < 4.78 is 1.88. The van der Waals surface area contributed by atoms with Crippen LogP contribution in [0.4, 0.5) is 0 Å². The Balaban J connectivity index is 2.87. The molecule has 0 aliphatic carbocycles. The smallest absolute Gasteiger partial charge is 0.159 e. The number of phenolic OH excluding ortho intramolecular Hbond substituents is 2. The summed E-state index contributed by atoms with van der Waals surface area (Å²) in [4.78, 5) is 0. The average Bonchev–Trinajstić information content (AvgIpc) is 2.35. The normalized spacial score (nSPS) is 10.8. The first-order chi connectivity index (χ1) is 5.68. The predicted molar refractivity (Wildman–Crippen MR) is 46.2 cm³/mol. The lowest BCUT2D eigenvalue weighted by molar-refractivity contribution is 0.404. The highest BCUT2D eigenvalue weighted by Crippen LogP contribution is 2.30. The van der Waals surface area contributed by atoms with Crippen LogP contribution in [-0.4, -0.2) is 14.8 Å². The van der Waals surface area contributed by atoms with Crippen molar-refractivity contribution in [2.75, 3.05) is 0 Å². The highest BCUT2D eigenvalue weighted by atomic mass is 16.3. The highest BCUT2D eigenvalue weighted by molar-refractivity contribution is 5.83. The van der Waals surface area contributed by atoms with Gasteiger partial charge in [-0.25, -0.2) is 0 Å². The van der Waals surface area contributed by atoms with E-state index in [0.29, 0.717) is 0 Å². The molecule has 3 nitrogen and oxygen atoms in total. The Kier molecular flexibility index (Phi) is 1.27. The van der Waals surface area contributed by atoms with Crippen molar-refractivity contribution >= 4 is 10.9 Å². The summed E-state index contributed by atoms with van der Waals surface area (Å²) in [6, 6.07) is 4.98. The third-order valence-corrected chi connectivity index (χ3v) is 1.98. The number of aromatic hydroxyl groups is 2. The number of rotatable bonds is 0. The van der Waals surface area contributed by atoms with Gasteiger partial charge in [-0.2, -0.15) is 0 Å². The van der Waals surface area contributed by atoms with Crippen molar-refractivity contribution in [2.24, 2.45) is 7.05 Å². The van der Waals surface area contributed by atoms with E-state index in [1.54, 1.807) is 12.1 Å². The Hall–Kier alpha value is -1.64. The minimum Gasteiger partial charge on any atom is -0.504 e. The highest BCUT2D eigenvalue weighted by Gasteiger charge is 2.03. The van der Waals surface area contributed by atoms with E-state index in [2.05, 4.69) is 0 Å². The molecule has 2 rings (SSSR count). The van der Waals surface area contributed by atoms with Gasteiger partial charge in [0.15, 0.2) is 11.5 Å². The molecular formula is C9H9NO2. The zero-order valence-corrected chi connectivity index (χ0v) is 6.65. The molecule has 0 amide bonds. The lowest BCUT2D eigenvalue weighted by Crippen LogP contribution is -1.82. The standard InChI is InChI=1S/C9H9NO2/c1-10-3-2-6-4-8(11)9(12)5-7(6)10/h2-5,11-12H,1H3. The summed E-state index contributed by atoms with van der Waals surface area (Å²) in [5.41, 5.74) is 0.908. The summed E-state index contributed by atoms with van der Waals surface area (Å²) in [5.74, 6) is -0.155. The van der Waals surface area contributed by atoms with Gasteiger partial charge in [-0.15, -0.1) is 0 Å². The van der Waals surface area contributed by atoms with Crippen molar-refractivity contribution in [1.29, 1.82) is 0 Å². The van der Waals surface area contributed by atoms with Gasteiger partial charge in [-0.1, -0.05) is 0 Å². The minimum atomic E-state index is -0.0794. The van der Waals surface area contributed by atoms with Crippen LogP contribution in [0.1, 0.15) is 0 Å². The van der Waals surface area contributed by atoms with Crippen LogP contribution >= 0.6 is 0 Å². The molecule has 0 unspecified atom stereocenters. The van der Waals surface area contributed by atoms with Gasteiger partial charge in [0.1, 0.15) is 0 Å². The summed E-state index contributed by atoms with van der Waals surface area (Å²) in [6.45, 7) is 0. The fourth-order valence-corrected chi connectivity index (χ4v) is 1.29. The van der Waals surface area contributed by atoms with Gasteiger partial charge in [-0.3, -0.25) is 0 Å². The number of fused-ring (bicyclic) bond motifs is 1. The lowest BCUT2D eigenvalue weighted by atomic mass is 10.2. The van der Waals surface area contributed by atoms with Gasteiger partial charge in [0.2, 0.25) is 0 Å². The van der Waals surface area contributed by atoms with Crippen molar-refractivity contribution in [1.82, 2.24) is 4.57 Å². The SMILES string of the molecule is Cn1ccc2cc(O)c(O)cc21. The molecule has 0 atom stereocenters. The van der Waals surface area contributed by atoms with Crippen molar-refractivity contribution in [3.05, 3.63) is 24.4 Å². The van der Waals surface area contributed by atoms with Gasteiger partial charge in [-0.05, 0) is 12.1 Å². The second kappa shape index (κ2) is 2.17. The molecule has 1 aromatic heterocycles. The van der Waals surface area contributed by atoms with E-state index in [1.807, 2.05) is 23.9 Å². The summed E-state index contributed by atoms with van der Waals surface area (Å²) in [7, 11) is 1.89. The molecular weight excluding hydrogens is 154 g/mol. The summed E-state index contributed by atoms with van der Waals surface area (Å²) >= 11 is 0. The summed E-state index contributed by atoms with van der Waals surface area (Å²) in [6.07, 6.45) is 1.88. The first kappa shape index (κ1) is 7.03. The molecule has 0 saturated carbocycles. The van der Waals surface area contributed by atoms with E-state index in [0.717, 1.165) is 10.9 Å². The number of hydrogen-bond donors (Lipinski definition) is 2. The van der Waals surface area contributed by atoms with Crippen LogP contribution in [0.2, 0.25) is 0 Å². The average molecular weight is 163 g/mol. The molecule has 12 heavy (non-hydrogen) atoms. The van der Waals surface area contributed by atoms with Crippen molar-refractivity contribution in [3.63, 3.8) is 0 Å². The van der Waals surface area contributed by atoms with E-state index in [-0.39, 0.29) is 11.5 Å². The molecule has 0 aliphatic heterocycles. The number of phenols is 2. The Morgan fingerprint density at radius 1 is 1.17 bits per heavy atom. The molecule has 0 bridgehead atoms. The Morgan fingerprint density at radius 2 is 1.83 bits per heavy atom.